The van der Waals surface area contributed by atoms with Crippen LogP contribution in [0, 0.1) is 12.8 Å². The summed E-state index contributed by atoms with van der Waals surface area (Å²) < 4.78 is 4.93. The Kier molecular flexibility index (Phi) is 4.03. The number of rotatable bonds is 3. The standard InChI is InChI=1S/C10H15N3O2/c1-7(2)6-15-10(14)12-9-4-8(3)5-11-13-9/h4-5,7H,6H2,1-3H3,(H,12,13,14). The topological polar surface area (TPSA) is 64.1 Å². The van der Waals surface area contributed by atoms with Gasteiger partial charge in [0.05, 0.1) is 12.8 Å². The first kappa shape index (κ1) is 11.4. The van der Waals surface area contributed by atoms with Gasteiger partial charge in [-0.1, -0.05) is 13.8 Å². The number of amides is 1. The van der Waals surface area contributed by atoms with Gasteiger partial charge < -0.3 is 4.74 Å². The van der Waals surface area contributed by atoms with Crippen molar-refractivity contribution >= 4 is 11.9 Å². The summed E-state index contributed by atoms with van der Waals surface area (Å²) in [6.45, 7) is 6.21. The van der Waals surface area contributed by atoms with E-state index in [1.807, 2.05) is 20.8 Å². The third-order valence-electron chi connectivity index (χ3n) is 1.57. The van der Waals surface area contributed by atoms with Gasteiger partial charge in [-0.05, 0) is 24.5 Å². The van der Waals surface area contributed by atoms with E-state index in [0.29, 0.717) is 18.3 Å². The molecule has 15 heavy (non-hydrogen) atoms. The highest BCUT2D eigenvalue weighted by molar-refractivity contribution is 5.83. The van der Waals surface area contributed by atoms with Gasteiger partial charge in [-0.2, -0.15) is 5.10 Å². The summed E-state index contributed by atoms with van der Waals surface area (Å²) in [6, 6.07) is 1.73. The average molecular weight is 209 g/mol. The minimum Gasteiger partial charge on any atom is -0.449 e. The Labute approximate surface area is 88.9 Å². The van der Waals surface area contributed by atoms with Crippen LogP contribution in [0.5, 0.6) is 0 Å². The highest BCUT2D eigenvalue weighted by Crippen LogP contribution is 2.04. The zero-order valence-electron chi connectivity index (χ0n) is 9.15. The number of nitrogens with zero attached hydrogens (tertiary/aromatic N) is 2. The Balaban J connectivity index is 2.44. The van der Waals surface area contributed by atoms with Gasteiger partial charge in [0.1, 0.15) is 0 Å². The maximum atomic E-state index is 11.2. The molecule has 0 aliphatic carbocycles. The molecule has 0 fully saturated rings. The van der Waals surface area contributed by atoms with Gasteiger partial charge in [-0.15, -0.1) is 5.10 Å². The minimum absolute atomic E-state index is 0.319. The maximum absolute atomic E-state index is 11.2. The minimum atomic E-state index is -0.497. The molecule has 1 heterocycles. The molecule has 1 amide bonds. The van der Waals surface area contributed by atoms with E-state index in [4.69, 9.17) is 4.74 Å². The number of nitrogens with one attached hydrogen (secondary N) is 1. The zero-order valence-corrected chi connectivity index (χ0v) is 9.15. The third-order valence-corrected chi connectivity index (χ3v) is 1.57. The summed E-state index contributed by atoms with van der Waals surface area (Å²) in [4.78, 5) is 11.2. The summed E-state index contributed by atoms with van der Waals surface area (Å²) in [7, 11) is 0. The van der Waals surface area contributed by atoms with Crippen LogP contribution < -0.4 is 5.32 Å². The lowest BCUT2D eigenvalue weighted by molar-refractivity contribution is 0.147. The van der Waals surface area contributed by atoms with Crippen LogP contribution in [0.4, 0.5) is 10.6 Å². The van der Waals surface area contributed by atoms with Crippen LogP contribution in [0.1, 0.15) is 19.4 Å². The summed E-state index contributed by atoms with van der Waals surface area (Å²) in [6.07, 6.45) is 1.12. The van der Waals surface area contributed by atoms with Crippen molar-refractivity contribution in [2.45, 2.75) is 20.8 Å². The second-order valence-electron chi connectivity index (χ2n) is 3.74. The monoisotopic (exact) mass is 209 g/mol. The van der Waals surface area contributed by atoms with Crippen LogP contribution in [0.25, 0.3) is 0 Å². The number of aryl methyl sites for hydroxylation is 1. The van der Waals surface area contributed by atoms with E-state index >= 15 is 0 Å². The second-order valence-corrected chi connectivity index (χ2v) is 3.74. The fraction of sp³-hybridized carbons (Fsp3) is 0.500. The van der Waals surface area contributed by atoms with E-state index in [9.17, 15) is 4.79 Å². The first-order chi connectivity index (χ1) is 7.08. The number of ether oxygens (including phenoxy) is 1. The molecule has 1 rings (SSSR count). The number of carbonyl (C=O) groups excluding carboxylic acids is 1. The van der Waals surface area contributed by atoms with Crippen molar-refractivity contribution in [3.63, 3.8) is 0 Å². The molecular weight excluding hydrogens is 194 g/mol. The number of aromatic nitrogens is 2. The highest BCUT2D eigenvalue weighted by atomic mass is 16.5. The van der Waals surface area contributed by atoms with E-state index in [1.54, 1.807) is 12.3 Å². The van der Waals surface area contributed by atoms with Crippen molar-refractivity contribution in [1.29, 1.82) is 0 Å². The average Bonchev–Trinajstić information content (AvgIpc) is 2.15. The molecule has 0 spiro atoms. The van der Waals surface area contributed by atoms with Gasteiger partial charge in [0.15, 0.2) is 5.82 Å². The Morgan fingerprint density at radius 1 is 1.60 bits per heavy atom. The maximum Gasteiger partial charge on any atom is 0.412 e. The van der Waals surface area contributed by atoms with Crippen LogP contribution in [-0.4, -0.2) is 22.9 Å². The van der Waals surface area contributed by atoms with Crippen LogP contribution in [0.3, 0.4) is 0 Å². The molecule has 0 unspecified atom stereocenters. The van der Waals surface area contributed by atoms with Gasteiger partial charge in [-0.25, -0.2) is 4.79 Å². The van der Waals surface area contributed by atoms with E-state index in [0.717, 1.165) is 5.56 Å². The van der Waals surface area contributed by atoms with Crippen LogP contribution in [0.2, 0.25) is 0 Å². The number of anilines is 1. The number of hydrogen-bond donors (Lipinski definition) is 1. The van der Waals surface area contributed by atoms with Gasteiger partial charge >= 0.3 is 6.09 Å². The smallest absolute Gasteiger partial charge is 0.412 e. The molecule has 5 nitrogen and oxygen atoms in total. The molecular formula is C10H15N3O2. The summed E-state index contributed by atoms with van der Waals surface area (Å²) >= 11 is 0. The molecule has 0 bridgehead atoms. The predicted molar refractivity (Wildman–Crippen MR) is 56.6 cm³/mol. The molecule has 0 aromatic carbocycles. The molecule has 1 aromatic heterocycles. The van der Waals surface area contributed by atoms with Crippen molar-refractivity contribution < 1.29 is 9.53 Å². The molecule has 0 aliphatic heterocycles. The van der Waals surface area contributed by atoms with Gasteiger partial charge in [0, 0.05) is 0 Å². The summed E-state index contributed by atoms with van der Waals surface area (Å²) in [5.74, 6) is 0.725. The SMILES string of the molecule is Cc1cnnc(NC(=O)OCC(C)C)c1. The first-order valence-corrected chi connectivity index (χ1v) is 4.81. The molecule has 0 saturated heterocycles. The van der Waals surface area contributed by atoms with Crippen molar-refractivity contribution in [2.75, 3.05) is 11.9 Å². The lowest BCUT2D eigenvalue weighted by atomic mass is 10.2. The highest BCUT2D eigenvalue weighted by Gasteiger charge is 2.05. The lowest BCUT2D eigenvalue weighted by Gasteiger charge is -2.07. The fourth-order valence-corrected chi connectivity index (χ4v) is 0.908. The lowest BCUT2D eigenvalue weighted by Crippen LogP contribution is -2.17. The largest absolute Gasteiger partial charge is 0.449 e. The zero-order chi connectivity index (χ0) is 11.3. The molecule has 0 atom stereocenters. The van der Waals surface area contributed by atoms with Crippen molar-refractivity contribution in [2.24, 2.45) is 5.92 Å². The van der Waals surface area contributed by atoms with Crippen LogP contribution in [-0.2, 0) is 4.74 Å². The molecule has 0 aliphatic rings. The Bertz CT molecular complexity index is 339. The van der Waals surface area contributed by atoms with Crippen LogP contribution >= 0.6 is 0 Å². The summed E-state index contributed by atoms with van der Waals surface area (Å²) in [5.41, 5.74) is 0.934. The van der Waals surface area contributed by atoms with Gasteiger partial charge in [0.2, 0.25) is 0 Å². The molecule has 1 N–H and O–H groups in total. The molecule has 0 saturated carbocycles. The predicted octanol–water partition coefficient (Wildman–Crippen LogP) is 1.99. The van der Waals surface area contributed by atoms with E-state index in [2.05, 4.69) is 15.5 Å². The van der Waals surface area contributed by atoms with Crippen LogP contribution in [0.15, 0.2) is 12.3 Å². The van der Waals surface area contributed by atoms with Crippen molar-refractivity contribution in [1.82, 2.24) is 10.2 Å². The van der Waals surface area contributed by atoms with Crippen molar-refractivity contribution in [3.05, 3.63) is 17.8 Å². The number of carbonyl (C=O) groups is 1. The first-order valence-electron chi connectivity index (χ1n) is 4.81. The second kappa shape index (κ2) is 5.29. The Hall–Kier alpha value is -1.65. The Morgan fingerprint density at radius 2 is 2.33 bits per heavy atom. The molecule has 82 valence electrons. The summed E-state index contributed by atoms with van der Waals surface area (Å²) in [5, 5.41) is 9.96. The van der Waals surface area contributed by atoms with Crippen molar-refractivity contribution in [3.8, 4) is 0 Å². The quantitative estimate of drug-likeness (QED) is 0.826. The third kappa shape index (κ3) is 4.39. The van der Waals surface area contributed by atoms with E-state index < -0.39 is 6.09 Å². The normalized spacial score (nSPS) is 10.1. The Morgan fingerprint density at radius 3 is 2.93 bits per heavy atom. The fourth-order valence-electron chi connectivity index (χ4n) is 0.908. The van der Waals surface area contributed by atoms with E-state index in [-0.39, 0.29) is 0 Å². The molecule has 5 heteroatoms. The molecule has 1 aromatic rings. The van der Waals surface area contributed by atoms with Gasteiger partial charge in [-0.3, -0.25) is 5.32 Å². The number of hydrogen-bond acceptors (Lipinski definition) is 4. The van der Waals surface area contributed by atoms with E-state index in [1.165, 1.54) is 0 Å². The van der Waals surface area contributed by atoms with Gasteiger partial charge in [0.25, 0.3) is 0 Å². The molecule has 0 radical (unpaired) electrons.